The van der Waals surface area contributed by atoms with Crippen molar-refractivity contribution in [3.63, 3.8) is 0 Å². The molecule has 2 rings (SSSR count). The molecule has 9 heteroatoms. The summed E-state index contributed by atoms with van der Waals surface area (Å²) in [6.45, 7) is 1.64. The Morgan fingerprint density at radius 3 is 2.85 bits per heavy atom. The van der Waals surface area contributed by atoms with Gasteiger partial charge in [-0.15, -0.1) is 10.2 Å². The second kappa shape index (κ2) is 5.55. The number of sulfonamides is 1. The van der Waals surface area contributed by atoms with Gasteiger partial charge in [-0.2, -0.15) is 0 Å². The zero-order chi connectivity index (χ0) is 14.8. The molecule has 0 radical (unpaired) electrons. The fourth-order valence-corrected chi connectivity index (χ4v) is 2.45. The van der Waals surface area contributed by atoms with Crippen molar-refractivity contribution in [2.24, 2.45) is 0 Å². The first-order valence-corrected chi connectivity index (χ1v) is 7.79. The van der Waals surface area contributed by atoms with Gasteiger partial charge in [-0.05, 0) is 19.1 Å². The Morgan fingerprint density at radius 1 is 1.40 bits per heavy atom. The lowest BCUT2D eigenvalue weighted by atomic mass is 10.3. The highest BCUT2D eigenvalue weighted by Gasteiger charge is 2.17. The number of hydrogen-bond donors (Lipinski definition) is 2. The van der Waals surface area contributed by atoms with Crippen molar-refractivity contribution in [2.45, 2.75) is 19.5 Å². The van der Waals surface area contributed by atoms with E-state index in [9.17, 15) is 13.2 Å². The molecular formula is C11H15N5O3S. The first kappa shape index (κ1) is 14.4. The van der Waals surface area contributed by atoms with E-state index < -0.39 is 22.0 Å². The van der Waals surface area contributed by atoms with E-state index in [1.54, 1.807) is 16.7 Å². The molecule has 0 aliphatic carbocycles. The molecule has 0 aromatic carbocycles. The maximum Gasteiger partial charge on any atom is 0.238 e. The van der Waals surface area contributed by atoms with Gasteiger partial charge >= 0.3 is 0 Å². The maximum atomic E-state index is 11.8. The maximum absolute atomic E-state index is 11.8. The summed E-state index contributed by atoms with van der Waals surface area (Å²) in [7, 11) is -3.42. The molecule has 2 N–H and O–H groups in total. The SMILES string of the molecule is C[C@@H](NS(C)(=O)=O)C(=O)NCc1nnc2ccccn12. The van der Waals surface area contributed by atoms with Gasteiger partial charge in [0, 0.05) is 6.20 Å². The second-order valence-corrected chi connectivity index (χ2v) is 6.15. The largest absolute Gasteiger partial charge is 0.347 e. The van der Waals surface area contributed by atoms with Crippen LogP contribution in [0.3, 0.4) is 0 Å². The standard InChI is InChI=1S/C11H15N5O3S/c1-8(15-20(2,18)19)11(17)12-7-10-14-13-9-5-3-4-6-16(9)10/h3-6,8,15H,7H2,1-2H3,(H,12,17)/t8-/m1/s1. The summed E-state index contributed by atoms with van der Waals surface area (Å²) in [6.07, 6.45) is 2.79. The van der Waals surface area contributed by atoms with Gasteiger partial charge in [0.05, 0.1) is 18.8 Å². The fourth-order valence-electron chi connectivity index (χ4n) is 1.71. The molecule has 0 unspecified atom stereocenters. The third-order valence-electron chi connectivity index (χ3n) is 2.59. The van der Waals surface area contributed by atoms with Gasteiger partial charge in [0.25, 0.3) is 0 Å². The lowest BCUT2D eigenvalue weighted by Crippen LogP contribution is -2.44. The van der Waals surface area contributed by atoms with Crippen LogP contribution < -0.4 is 10.0 Å². The van der Waals surface area contributed by atoms with E-state index >= 15 is 0 Å². The lowest BCUT2D eigenvalue weighted by Gasteiger charge is -2.11. The lowest BCUT2D eigenvalue weighted by molar-refractivity contribution is -0.122. The topological polar surface area (TPSA) is 105 Å². The van der Waals surface area contributed by atoms with Crippen molar-refractivity contribution < 1.29 is 13.2 Å². The minimum atomic E-state index is -3.42. The number of carbonyl (C=O) groups excluding carboxylic acids is 1. The van der Waals surface area contributed by atoms with Gasteiger partial charge < -0.3 is 5.32 Å². The van der Waals surface area contributed by atoms with Gasteiger partial charge in [0.15, 0.2) is 11.5 Å². The van der Waals surface area contributed by atoms with Crippen LogP contribution in [0.5, 0.6) is 0 Å². The van der Waals surface area contributed by atoms with Crippen molar-refractivity contribution in [2.75, 3.05) is 6.26 Å². The van der Waals surface area contributed by atoms with Gasteiger partial charge in [0.2, 0.25) is 15.9 Å². The molecule has 2 aromatic heterocycles. The van der Waals surface area contributed by atoms with Crippen LogP contribution >= 0.6 is 0 Å². The van der Waals surface area contributed by atoms with E-state index in [4.69, 9.17) is 0 Å². The molecule has 0 saturated heterocycles. The molecule has 1 amide bonds. The van der Waals surface area contributed by atoms with Crippen LogP contribution in [-0.2, 0) is 21.4 Å². The third kappa shape index (κ3) is 3.52. The number of rotatable bonds is 5. The number of nitrogens with zero attached hydrogens (tertiary/aromatic N) is 3. The number of hydrogen-bond acceptors (Lipinski definition) is 5. The molecule has 2 aromatic rings. The summed E-state index contributed by atoms with van der Waals surface area (Å²) in [5, 5.41) is 10.5. The van der Waals surface area contributed by atoms with Crippen molar-refractivity contribution in [1.82, 2.24) is 24.6 Å². The average molecular weight is 297 g/mol. The molecule has 20 heavy (non-hydrogen) atoms. The average Bonchev–Trinajstić information content (AvgIpc) is 2.77. The highest BCUT2D eigenvalue weighted by Crippen LogP contribution is 2.02. The van der Waals surface area contributed by atoms with Crippen LogP contribution in [0.2, 0.25) is 0 Å². The summed E-state index contributed by atoms with van der Waals surface area (Å²) in [4.78, 5) is 11.8. The number of nitrogens with one attached hydrogen (secondary N) is 2. The summed E-state index contributed by atoms with van der Waals surface area (Å²) in [5.41, 5.74) is 0.680. The van der Waals surface area contributed by atoms with Crippen LogP contribution in [0.25, 0.3) is 5.65 Å². The van der Waals surface area contributed by atoms with Crippen LogP contribution in [0.15, 0.2) is 24.4 Å². The number of pyridine rings is 1. The van der Waals surface area contributed by atoms with Crippen LogP contribution in [0, 0.1) is 0 Å². The molecule has 0 spiro atoms. The molecule has 0 saturated carbocycles. The first-order valence-electron chi connectivity index (χ1n) is 5.90. The Bertz CT molecular complexity index is 724. The Balaban J connectivity index is 2.00. The molecule has 108 valence electrons. The van der Waals surface area contributed by atoms with Crippen molar-refractivity contribution in [1.29, 1.82) is 0 Å². The quantitative estimate of drug-likeness (QED) is 0.758. The van der Waals surface area contributed by atoms with Gasteiger partial charge in [0.1, 0.15) is 0 Å². The number of fused-ring (bicyclic) bond motifs is 1. The molecule has 2 heterocycles. The third-order valence-corrected chi connectivity index (χ3v) is 3.37. The van der Waals surface area contributed by atoms with Crippen molar-refractivity contribution in [3.05, 3.63) is 30.2 Å². The van der Waals surface area contributed by atoms with E-state index in [2.05, 4.69) is 20.2 Å². The predicted octanol–water partition coefficient (Wildman–Crippen LogP) is -0.717. The van der Waals surface area contributed by atoms with Crippen molar-refractivity contribution in [3.8, 4) is 0 Å². The van der Waals surface area contributed by atoms with E-state index in [1.165, 1.54) is 6.92 Å². The van der Waals surface area contributed by atoms with Crippen molar-refractivity contribution >= 4 is 21.6 Å². The van der Waals surface area contributed by atoms with Crippen LogP contribution in [0.4, 0.5) is 0 Å². The van der Waals surface area contributed by atoms with Gasteiger partial charge in [-0.25, -0.2) is 13.1 Å². The Labute approximate surface area is 116 Å². The Kier molecular flexibility index (Phi) is 4.00. The summed E-state index contributed by atoms with van der Waals surface area (Å²) >= 11 is 0. The predicted molar refractivity (Wildman–Crippen MR) is 72.3 cm³/mol. The van der Waals surface area contributed by atoms with E-state index in [-0.39, 0.29) is 6.54 Å². The van der Waals surface area contributed by atoms with Crippen LogP contribution in [0.1, 0.15) is 12.7 Å². The van der Waals surface area contributed by atoms with E-state index in [1.807, 2.05) is 12.1 Å². The normalized spacial score (nSPS) is 13.3. The number of aromatic nitrogens is 3. The minimum absolute atomic E-state index is 0.166. The molecule has 8 nitrogen and oxygen atoms in total. The van der Waals surface area contributed by atoms with Crippen LogP contribution in [-0.4, -0.2) is 41.2 Å². The smallest absolute Gasteiger partial charge is 0.238 e. The molecule has 0 aliphatic rings. The zero-order valence-corrected chi connectivity index (χ0v) is 11.9. The monoisotopic (exact) mass is 297 g/mol. The Hall–Kier alpha value is -2.00. The first-order chi connectivity index (χ1) is 9.37. The van der Waals surface area contributed by atoms with Gasteiger partial charge in [-0.3, -0.25) is 9.20 Å². The number of amides is 1. The minimum Gasteiger partial charge on any atom is -0.347 e. The Morgan fingerprint density at radius 2 is 2.15 bits per heavy atom. The summed E-state index contributed by atoms with van der Waals surface area (Å²) in [5.74, 6) is 0.142. The molecule has 1 atom stereocenters. The molecule has 0 bridgehead atoms. The van der Waals surface area contributed by atoms with E-state index in [0.29, 0.717) is 11.5 Å². The van der Waals surface area contributed by atoms with E-state index in [0.717, 1.165) is 6.26 Å². The summed E-state index contributed by atoms with van der Waals surface area (Å²) < 4.78 is 26.0. The zero-order valence-electron chi connectivity index (χ0n) is 11.1. The highest BCUT2D eigenvalue weighted by atomic mass is 32.2. The number of carbonyl (C=O) groups is 1. The highest BCUT2D eigenvalue weighted by molar-refractivity contribution is 7.88. The fraction of sp³-hybridized carbons (Fsp3) is 0.364. The molecule has 0 fully saturated rings. The van der Waals surface area contributed by atoms with Gasteiger partial charge in [-0.1, -0.05) is 6.07 Å². The molecular weight excluding hydrogens is 282 g/mol. The second-order valence-electron chi connectivity index (χ2n) is 4.37. The molecule has 0 aliphatic heterocycles. The summed E-state index contributed by atoms with van der Waals surface area (Å²) in [6, 6.07) is 4.62.